The van der Waals surface area contributed by atoms with Gasteiger partial charge in [0.25, 0.3) is 0 Å². The average molecular weight is 413 g/mol. The SMILES string of the molecule is Cc1ccc(S(=O)(=O)N2CCN(Cc3nc(-c4ccccc4)no3)CC2)c(C)c1. The van der Waals surface area contributed by atoms with E-state index in [1.807, 2.05) is 56.3 Å². The molecule has 0 unspecified atom stereocenters. The zero-order chi connectivity index (χ0) is 20.4. The highest BCUT2D eigenvalue weighted by Gasteiger charge is 2.30. The van der Waals surface area contributed by atoms with Gasteiger partial charge in [-0.2, -0.15) is 9.29 Å². The summed E-state index contributed by atoms with van der Waals surface area (Å²) in [7, 11) is -3.48. The summed E-state index contributed by atoms with van der Waals surface area (Å²) in [6.45, 7) is 6.43. The van der Waals surface area contributed by atoms with Crippen LogP contribution >= 0.6 is 0 Å². The van der Waals surface area contributed by atoms with Gasteiger partial charge < -0.3 is 4.52 Å². The topological polar surface area (TPSA) is 79.5 Å². The summed E-state index contributed by atoms with van der Waals surface area (Å²) in [5, 5.41) is 4.04. The third kappa shape index (κ3) is 4.24. The molecule has 2 aromatic carbocycles. The quantitative estimate of drug-likeness (QED) is 0.641. The van der Waals surface area contributed by atoms with E-state index in [1.54, 1.807) is 10.4 Å². The van der Waals surface area contributed by atoms with Crippen LogP contribution in [-0.2, 0) is 16.6 Å². The Morgan fingerprint density at radius 2 is 1.72 bits per heavy atom. The number of sulfonamides is 1. The number of hydrogen-bond donors (Lipinski definition) is 0. The minimum Gasteiger partial charge on any atom is -0.338 e. The van der Waals surface area contributed by atoms with Crippen LogP contribution in [0.1, 0.15) is 17.0 Å². The van der Waals surface area contributed by atoms with E-state index in [0.717, 1.165) is 16.7 Å². The Kier molecular flexibility index (Phi) is 5.49. The molecular weight excluding hydrogens is 388 g/mol. The smallest absolute Gasteiger partial charge is 0.243 e. The number of rotatable bonds is 5. The maximum Gasteiger partial charge on any atom is 0.243 e. The highest BCUT2D eigenvalue weighted by Crippen LogP contribution is 2.23. The fourth-order valence-electron chi connectivity index (χ4n) is 3.57. The predicted octanol–water partition coefficient (Wildman–Crippen LogP) is 2.86. The fraction of sp³-hybridized carbons (Fsp3) is 0.333. The van der Waals surface area contributed by atoms with E-state index >= 15 is 0 Å². The van der Waals surface area contributed by atoms with Crippen LogP contribution in [-0.4, -0.2) is 53.9 Å². The Bertz CT molecular complexity index is 1090. The number of aryl methyl sites for hydroxylation is 2. The largest absolute Gasteiger partial charge is 0.338 e. The van der Waals surface area contributed by atoms with Gasteiger partial charge in [0.1, 0.15) is 0 Å². The third-order valence-corrected chi connectivity index (χ3v) is 7.20. The molecule has 0 atom stereocenters. The zero-order valence-electron chi connectivity index (χ0n) is 16.6. The minimum absolute atomic E-state index is 0.390. The van der Waals surface area contributed by atoms with Crippen LogP contribution in [0.15, 0.2) is 57.9 Å². The maximum atomic E-state index is 13.0. The summed E-state index contributed by atoms with van der Waals surface area (Å²) in [6.07, 6.45) is 0. The van der Waals surface area contributed by atoms with E-state index in [9.17, 15) is 8.42 Å². The molecule has 8 heteroatoms. The van der Waals surface area contributed by atoms with Crippen molar-refractivity contribution < 1.29 is 12.9 Å². The first-order chi connectivity index (χ1) is 13.9. The molecule has 0 radical (unpaired) electrons. The molecule has 0 amide bonds. The van der Waals surface area contributed by atoms with E-state index in [-0.39, 0.29) is 0 Å². The standard InChI is InChI=1S/C21H24N4O3S/c1-16-8-9-19(17(2)14-16)29(26,27)25-12-10-24(11-13-25)15-20-22-21(23-28-20)18-6-4-3-5-7-18/h3-9,14H,10-13,15H2,1-2H3. The number of benzene rings is 2. The van der Waals surface area contributed by atoms with E-state index in [0.29, 0.717) is 49.3 Å². The van der Waals surface area contributed by atoms with E-state index in [1.165, 1.54) is 0 Å². The number of piperazine rings is 1. The summed E-state index contributed by atoms with van der Waals surface area (Å²) in [5.41, 5.74) is 2.75. The van der Waals surface area contributed by atoms with Gasteiger partial charge in [0.2, 0.25) is 21.7 Å². The van der Waals surface area contributed by atoms with Crippen LogP contribution < -0.4 is 0 Å². The summed E-state index contributed by atoms with van der Waals surface area (Å²) >= 11 is 0. The van der Waals surface area contributed by atoms with Crippen molar-refractivity contribution in [1.82, 2.24) is 19.3 Å². The van der Waals surface area contributed by atoms with E-state index in [2.05, 4.69) is 15.0 Å². The minimum atomic E-state index is -3.48. The Balaban J connectivity index is 1.39. The summed E-state index contributed by atoms with van der Waals surface area (Å²) in [5.74, 6) is 1.10. The van der Waals surface area contributed by atoms with Crippen molar-refractivity contribution in [3.05, 3.63) is 65.5 Å². The van der Waals surface area contributed by atoms with Gasteiger partial charge in [0, 0.05) is 31.7 Å². The highest BCUT2D eigenvalue weighted by molar-refractivity contribution is 7.89. The lowest BCUT2D eigenvalue weighted by Gasteiger charge is -2.33. The number of nitrogens with zero attached hydrogens (tertiary/aromatic N) is 4. The van der Waals surface area contributed by atoms with Crippen molar-refractivity contribution in [2.45, 2.75) is 25.3 Å². The maximum absolute atomic E-state index is 13.0. The molecule has 1 saturated heterocycles. The first-order valence-corrected chi connectivity index (χ1v) is 11.1. The Hall–Kier alpha value is -2.55. The zero-order valence-corrected chi connectivity index (χ0v) is 17.4. The molecular formula is C21H24N4O3S. The first-order valence-electron chi connectivity index (χ1n) is 9.61. The Labute approximate surface area is 171 Å². The van der Waals surface area contributed by atoms with Crippen molar-refractivity contribution in [2.75, 3.05) is 26.2 Å². The molecule has 7 nitrogen and oxygen atoms in total. The third-order valence-electron chi connectivity index (χ3n) is 5.14. The molecule has 0 aliphatic carbocycles. The second-order valence-corrected chi connectivity index (χ2v) is 9.23. The van der Waals surface area contributed by atoms with Crippen LogP contribution in [0.25, 0.3) is 11.4 Å². The monoisotopic (exact) mass is 412 g/mol. The van der Waals surface area contributed by atoms with Crippen LogP contribution in [0.2, 0.25) is 0 Å². The van der Waals surface area contributed by atoms with Gasteiger partial charge in [-0.15, -0.1) is 0 Å². The molecule has 0 N–H and O–H groups in total. The second-order valence-electron chi connectivity index (χ2n) is 7.33. The Morgan fingerprint density at radius 1 is 1.00 bits per heavy atom. The second kappa shape index (κ2) is 8.06. The van der Waals surface area contributed by atoms with Crippen molar-refractivity contribution in [1.29, 1.82) is 0 Å². The molecule has 1 aliphatic heterocycles. The van der Waals surface area contributed by atoms with Crippen LogP contribution in [0, 0.1) is 13.8 Å². The van der Waals surface area contributed by atoms with Crippen LogP contribution in [0.5, 0.6) is 0 Å². The molecule has 0 saturated carbocycles. The molecule has 1 aliphatic rings. The van der Waals surface area contributed by atoms with E-state index in [4.69, 9.17) is 4.52 Å². The predicted molar refractivity (Wildman–Crippen MR) is 110 cm³/mol. The molecule has 1 aromatic heterocycles. The van der Waals surface area contributed by atoms with Gasteiger partial charge in [0.15, 0.2) is 0 Å². The number of aromatic nitrogens is 2. The number of hydrogen-bond acceptors (Lipinski definition) is 6. The van der Waals surface area contributed by atoms with Gasteiger partial charge in [-0.1, -0.05) is 53.2 Å². The molecule has 1 fully saturated rings. The molecule has 4 rings (SSSR count). The summed E-state index contributed by atoms with van der Waals surface area (Å²) < 4.78 is 33.0. The van der Waals surface area contributed by atoms with Crippen molar-refractivity contribution in [3.8, 4) is 11.4 Å². The summed E-state index contributed by atoms with van der Waals surface area (Å²) in [6, 6.07) is 15.1. The highest BCUT2D eigenvalue weighted by atomic mass is 32.2. The van der Waals surface area contributed by atoms with Crippen molar-refractivity contribution in [3.63, 3.8) is 0 Å². The lowest BCUT2D eigenvalue weighted by atomic mass is 10.2. The molecule has 3 aromatic rings. The van der Waals surface area contributed by atoms with Crippen molar-refractivity contribution >= 4 is 10.0 Å². The normalized spacial score (nSPS) is 16.2. The van der Waals surface area contributed by atoms with E-state index < -0.39 is 10.0 Å². The molecule has 0 bridgehead atoms. The van der Waals surface area contributed by atoms with Gasteiger partial charge >= 0.3 is 0 Å². The fourth-order valence-corrected chi connectivity index (χ4v) is 5.20. The Morgan fingerprint density at radius 3 is 2.41 bits per heavy atom. The molecule has 2 heterocycles. The lowest BCUT2D eigenvalue weighted by molar-refractivity contribution is 0.163. The van der Waals surface area contributed by atoms with Gasteiger partial charge in [-0.05, 0) is 25.5 Å². The first kappa shape index (κ1) is 19.8. The summed E-state index contributed by atoms with van der Waals surface area (Å²) in [4.78, 5) is 6.98. The van der Waals surface area contributed by atoms with Crippen LogP contribution in [0.3, 0.4) is 0 Å². The van der Waals surface area contributed by atoms with Crippen LogP contribution in [0.4, 0.5) is 0 Å². The van der Waals surface area contributed by atoms with Gasteiger partial charge in [0.05, 0.1) is 11.4 Å². The average Bonchev–Trinajstić information content (AvgIpc) is 3.17. The van der Waals surface area contributed by atoms with Crippen molar-refractivity contribution in [2.24, 2.45) is 0 Å². The molecule has 29 heavy (non-hydrogen) atoms. The molecule has 0 spiro atoms. The van der Waals surface area contributed by atoms with Gasteiger partial charge in [-0.3, -0.25) is 4.90 Å². The van der Waals surface area contributed by atoms with Gasteiger partial charge in [-0.25, -0.2) is 8.42 Å². The lowest BCUT2D eigenvalue weighted by Crippen LogP contribution is -2.48. The molecule has 152 valence electrons.